The van der Waals surface area contributed by atoms with Gasteiger partial charge in [-0.25, -0.2) is 0 Å². The molecule has 1 heterocycles. The van der Waals surface area contributed by atoms with Crippen molar-refractivity contribution >= 4 is 15.9 Å². The minimum Gasteiger partial charge on any atom is -0.487 e. The number of aliphatic hydroxyl groups is 1. The van der Waals surface area contributed by atoms with Crippen LogP contribution in [-0.4, -0.2) is 10.7 Å². The number of benzene rings is 1. The lowest BCUT2D eigenvalue weighted by Crippen LogP contribution is -2.45. The van der Waals surface area contributed by atoms with E-state index in [9.17, 15) is 5.11 Å². The molecule has 1 saturated carbocycles. The van der Waals surface area contributed by atoms with Gasteiger partial charge in [-0.05, 0) is 55.7 Å². The lowest BCUT2D eigenvalue weighted by Gasteiger charge is -2.46. The first-order chi connectivity index (χ1) is 9.49. The molecule has 0 saturated heterocycles. The molecule has 1 aliphatic heterocycles. The standard InChI is InChI=1S/C17H23BrO2/c1-11(2)12-4-3-7-17(9-12)10-15(19)14-8-13(18)5-6-16(14)20-17/h5-6,8,11-12,15,19H,3-4,7,9-10H2,1-2H3/t12?,15-,17?/m1/s1. The van der Waals surface area contributed by atoms with Crippen molar-refractivity contribution in [2.24, 2.45) is 11.8 Å². The number of fused-ring (bicyclic) bond motifs is 1. The van der Waals surface area contributed by atoms with Crippen LogP contribution in [0.2, 0.25) is 0 Å². The van der Waals surface area contributed by atoms with Crippen molar-refractivity contribution in [1.29, 1.82) is 0 Å². The molecule has 2 nitrogen and oxygen atoms in total. The van der Waals surface area contributed by atoms with Crippen LogP contribution in [0.1, 0.15) is 57.6 Å². The van der Waals surface area contributed by atoms with Gasteiger partial charge in [0.25, 0.3) is 0 Å². The van der Waals surface area contributed by atoms with E-state index in [1.807, 2.05) is 18.2 Å². The number of ether oxygens (including phenoxy) is 1. The minimum atomic E-state index is -0.401. The summed E-state index contributed by atoms with van der Waals surface area (Å²) in [5, 5.41) is 10.5. The largest absolute Gasteiger partial charge is 0.487 e. The van der Waals surface area contributed by atoms with E-state index < -0.39 is 6.10 Å². The molecule has 1 aromatic carbocycles. The molecule has 2 aliphatic rings. The van der Waals surface area contributed by atoms with E-state index in [4.69, 9.17) is 4.74 Å². The molecular formula is C17H23BrO2. The lowest BCUT2D eigenvalue weighted by molar-refractivity contribution is -0.0573. The maximum atomic E-state index is 10.5. The normalized spacial score (nSPS) is 33.0. The molecule has 0 aromatic heterocycles. The molecule has 1 aliphatic carbocycles. The van der Waals surface area contributed by atoms with Crippen LogP contribution in [0.3, 0.4) is 0 Å². The first kappa shape index (κ1) is 14.4. The summed E-state index contributed by atoms with van der Waals surface area (Å²) in [6, 6.07) is 5.96. The predicted octanol–water partition coefficient (Wildman–Crippen LogP) is 4.85. The fourth-order valence-corrected chi connectivity index (χ4v) is 4.20. The Hall–Kier alpha value is -0.540. The molecule has 1 aromatic rings. The molecule has 3 rings (SSSR count). The van der Waals surface area contributed by atoms with E-state index in [2.05, 4.69) is 29.8 Å². The SMILES string of the molecule is CC(C)C1CCCC2(C1)C[C@@H](O)c1cc(Br)ccc1O2. The Kier molecular flexibility index (Phi) is 3.85. The third-order valence-electron chi connectivity index (χ3n) is 5.01. The van der Waals surface area contributed by atoms with Crippen molar-refractivity contribution in [2.75, 3.05) is 0 Å². The molecule has 1 spiro atoms. The van der Waals surface area contributed by atoms with Gasteiger partial charge in [0.05, 0.1) is 6.10 Å². The minimum absolute atomic E-state index is 0.145. The van der Waals surface area contributed by atoms with E-state index in [1.54, 1.807) is 0 Å². The van der Waals surface area contributed by atoms with Crippen LogP contribution in [-0.2, 0) is 0 Å². The summed E-state index contributed by atoms with van der Waals surface area (Å²) in [6.45, 7) is 4.60. The van der Waals surface area contributed by atoms with E-state index in [-0.39, 0.29) is 5.60 Å². The van der Waals surface area contributed by atoms with Gasteiger partial charge in [0.1, 0.15) is 11.4 Å². The van der Waals surface area contributed by atoms with Crippen LogP contribution in [0, 0.1) is 11.8 Å². The highest BCUT2D eigenvalue weighted by molar-refractivity contribution is 9.10. The molecule has 0 amide bonds. The second-order valence-corrected chi connectivity index (χ2v) is 7.70. The summed E-state index contributed by atoms with van der Waals surface area (Å²) in [7, 11) is 0. The van der Waals surface area contributed by atoms with Gasteiger partial charge >= 0.3 is 0 Å². The summed E-state index contributed by atoms with van der Waals surface area (Å²) >= 11 is 3.47. The Balaban J connectivity index is 1.88. The van der Waals surface area contributed by atoms with Gasteiger partial charge in [-0.15, -0.1) is 0 Å². The summed E-state index contributed by atoms with van der Waals surface area (Å²) in [5.41, 5.74) is 0.782. The molecular weight excluding hydrogens is 316 g/mol. The summed E-state index contributed by atoms with van der Waals surface area (Å²) in [6.07, 6.45) is 5.00. The maximum Gasteiger partial charge on any atom is 0.126 e. The van der Waals surface area contributed by atoms with Gasteiger partial charge in [0, 0.05) is 16.5 Å². The average Bonchev–Trinajstić information content (AvgIpc) is 2.40. The van der Waals surface area contributed by atoms with Crippen LogP contribution in [0.25, 0.3) is 0 Å². The fourth-order valence-electron chi connectivity index (χ4n) is 3.83. The average molecular weight is 339 g/mol. The quantitative estimate of drug-likeness (QED) is 0.792. The first-order valence-corrected chi connectivity index (χ1v) is 8.45. The number of rotatable bonds is 1. The third-order valence-corrected chi connectivity index (χ3v) is 5.50. The van der Waals surface area contributed by atoms with Gasteiger partial charge in [-0.1, -0.05) is 29.8 Å². The van der Waals surface area contributed by atoms with Crippen molar-refractivity contribution in [2.45, 2.75) is 57.7 Å². The highest BCUT2D eigenvalue weighted by Crippen LogP contribution is 2.49. The van der Waals surface area contributed by atoms with Crippen molar-refractivity contribution in [3.05, 3.63) is 28.2 Å². The summed E-state index contributed by atoms with van der Waals surface area (Å²) in [5.74, 6) is 2.28. The monoisotopic (exact) mass is 338 g/mol. The fraction of sp³-hybridized carbons (Fsp3) is 0.647. The van der Waals surface area contributed by atoms with Crippen LogP contribution >= 0.6 is 15.9 Å². The zero-order valence-electron chi connectivity index (χ0n) is 12.2. The summed E-state index contributed by atoms with van der Waals surface area (Å²) < 4.78 is 7.38. The van der Waals surface area contributed by atoms with Gasteiger partial charge in [0.15, 0.2) is 0 Å². The smallest absolute Gasteiger partial charge is 0.126 e. The Morgan fingerprint density at radius 1 is 1.35 bits per heavy atom. The van der Waals surface area contributed by atoms with E-state index in [1.165, 1.54) is 12.8 Å². The lowest BCUT2D eigenvalue weighted by atomic mass is 9.70. The van der Waals surface area contributed by atoms with Gasteiger partial charge in [-0.2, -0.15) is 0 Å². The maximum absolute atomic E-state index is 10.5. The molecule has 3 heteroatoms. The van der Waals surface area contributed by atoms with Crippen LogP contribution in [0.15, 0.2) is 22.7 Å². The second kappa shape index (κ2) is 5.34. The van der Waals surface area contributed by atoms with Gasteiger partial charge in [-0.3, -0.25) is 0 Å². The topological polar surface area (TPSA) is 29.5 Å². The Labute approximate surface area is 129 Å². The van der Waals surface area contributed by atoms with E-state index in [0.29, 0.717) is 11.8 Å². The van der Waals surface area contributed by atoms with Crippen molar-refractivity contribution in [3.8, 4) is 5.75 Å². The Morgan fingerprint density at radius 3 is 2.90 bits per heavy atom. The highest BCUT2D eigenvalue weighted by atomic mass is 79.9. The number of aliphatic hydroxyl groups excluding tert-OH is 1. The number of hydrogen-bond donors (Lipinski definition) is 1. The zero-order chi connectivity index (χ0) is 14.3. The number of halogens is 1. The Morgan fingerprint density at radius 2 is 2.15 bits per heavy atom. The van der Waals surface area contributed by atoms with Crippen molar-refractivity contribution in [1.82, 2.24) is 0 Å². The molecule has 110 valence electrons. The summed E-state index contributed by atoms with van der Waals surface area (Å²) in [4.78, 5) is 0. The molecule has 20 heavy (non-hydrogen) atoms. The molecule has 0 radical (unpaired) electrons. The molecule has 1 N–H and O–H groups in total. The van der Waals surface area contributed by atoms with Crippen LogP contribution in [0.4, 0.5) is 0 Å². The van der Waals surface area contributed by atoms with Crippen LogP contribution in [0.5, 0.6) is 5.75 Å². The van der Waals surface area contributed by atoms with Crippen molar-refractivity contribution < 1.29 is 9.84 Å². The van der Waals surface area contributed by atoms with Crippen molar-refractivity contribution in [3.63, 3.8) is 0 Å². The zero-order valence-corrected chi connectivity index (χ0v) is 13.8. The Bertz CT molecular complexity index is 500. The van der Waals surface area contributed by atoms with Crippen LogP contribution < -0.4 is 4.74 Å². The highest BCUT2D eigenvalue weighted by Gasteiger charge is 2.44. The van der Waals surface area contributed by atoms with E-state index >= 15 is 0 Å². The second-order valence-electron chi connectivity index (χ2n) is 6.79. The first-order valence-electron chi connectivity index (χ1n) is 7.66. The molecule has 1 fully saturated rings. The molecule has 0 bridgehead atoms. The van der Waals surface area contributed by atoms with Gasteiger partial charge < -0.3 is 9.84 Å². The number of hydrogen-bond acceptors (Lipinski definition) is 2. The van der Waals surface area contributed by atoms with E-state index in [0.717, 1.165) is 35.0 Å². The van der Waals surface area contributed by atoms with Gasteiger partial charge in [0.2, 0.25) is 0 Å². The predicted molar refractivity (Wildman–Crippen MR) is 83.9 cm³/mol. The molecule has 2 unspecified atom stereocenters. The molecule has 3 atom stereocenters. The third kappa shape index (κ3) is 2.62.